The van der Waals surface area contributed by atoms with Crippen LogP contribution >= 0.6 is 12.4 Å². The molecule has 4 N–H and O–H groups in total. The zero-order valence-corrected chi connectivity index (χ0v) is 14.7. The third-order valence-corrected chi connectivity index (χ3v) is 2.88. The smallest absolute Gasteiger partial charge is 0.338 e. The Bertz CT molecular complexity index is 432. The Hall–Kier alpha value is -1.63. The first-order chi connectivity index (χ1) is 10.5. The average Bonchev–Trinajstić information content (AvgIpc) is 2.54. The molecule has 0 saturated carbocycles. The molecule has 7 heteroatoms. The molecule has 0 aliphatic carbocycles. The molecule has 23 heavy (non-hydrogen) atoms. The highest BCUT2D eigenvalue weighted by molar-refractivity contribution is 6.03. The number of unbranched alkanes of at least 4 members (excludes halogenated alkanes) is 2. The fourth-order valence-electron chi connectivity index (χ4n) is 1.69. The maximum atomic E-state index is 11.2. The molecular formula is C16H27ClN2O4. The van der Waals surface area contributed by atoms with Gasteiger partial charge in [-0.15, -0.1) is 12.4 Å². The summed E-state index contributed by atoms with van der Waals surface area (Å²) in [6.45, 7) is 2.17. The number of benzene rings is 1. The van der Waals surface area contributed by atoms with Gasteiger partial charge in [0.2, 0.25) is 0 Å². The van der Waals surface area contributed by atoms with Gasteiger partial charge < -0.3 is 20.9 Å². The van der Waals surface area contributed by atoms with Crippen molar-refractivity contribution >= 4 is 24.3 Å². The van der Waals surface area contributed by atoms with E-state index in [0.717, 1.165) is 6.42 Å². The number of methoxy groups -OCH3 is 2. The van der Waals surface area contributed by atoms with Gasteiger partial charge in [0.25, 0.3) is 0 Å². The number of rotatable bonds is 6. The van der Waals surface area contributed by atoms with E-state index in [-0.39, 0.29) is 29.7 Å². The monoisotopic (exact) mass is 346 g/mol. The van der Waals surface area contributed by atoms with Gasteiger partial charge in [-0.25, -0.2) is 9.59 Å². The minimum atomic E-state index is -0.550. The summed E-state index contributed by atoms with van der Waals surface area (Å²) in [6, 6.07) is 6.33. The summed E-state index contributed by atoms with van der Waals surface area (Å²) in [4.78, 5) is 22.4. The molecule has 0 aliphatic rings. The standard InChI is InChI=1S/C10H10O4.C6H16N2.ClH/c1-13-9(11)7-5-3-4-6-8(7)10(12)14-2;1-2-3-4-5-6(7)8;/h3-6H,1-2H3;6H,2-5,7-8H2,1H3;1H. The van der Waals surface area contributed by atoms with Crippen molar-refractivity contribution in [3.05, 3.63) is 35.4 Å². The molecular weight excluding hydrogens is 320 g/mol. The Kier molecular flexibility index (Phi) is 14.4. The second-order valence-electron chi connectivity index (χ2n) is 4.69. The summed E-state index contributed by atoms with van der Waals surface area (Å²) >= 11 is 0. The second kappa shape index (κ2) is 14.0. The summed E-state index contributed by atoms with van der Waals surface area (Å²) in [7, 11) is 2.52. The van der Waals surface area contributed by atoms with Crippen molar-refractivity contribution in [1.82, 2.24) is 0 Å². The third kappa shape index (κ3) is 9.89. The van der Waals surface area contributed by atoms with Crippen LogP contribution in [0.3, 0.4) is 0 Å². The van der Waals surface area contributed by atoms with Crippen LogP contribution in [0.1, 0.15) is 53.3 Å². The highest BCUT2D eigenvalue weighted by atomic mass is 35.5. The topological polar surface area (TPSA) is 105 Å². The van der Waals surface area contributed by atoms with Crippen molar-refractivity contribution in [2.45, 2.75) is 38.8 Å². The maximum Gasteiger partial charge on any atom is 0.338 e. The number of carbonyl (C=O) groups excluding carboxylic acids is 2. The van der Waals surface area contributed by atoms with Gasteiger partial charge in [-0.1, -0.05) is 38.3 Å². The number of halogens is 1. The van der Waals surface area contributed by atoms with Crippen LogP contribution < -0.4 is 11.5 Å². The van der Waals surface area contributed by atoms with Crippen LogP contribution in [-0.2, 0) is 9.47 Å². The number of carbonyl (C=O) groups is 2. The zero-order chi connectivity index (χ0) is 17.0. The van der Waals surface area contributed by atoms with Gasteiger partial charge in [0.1, 0.15) is 0 Å². The van der Waals surface area contributed by atoms with Crippen molar-refractivity contribution in [3.63, 3.8) is 0 Å². The van der Waals surface area contributed by atoms with Gasteiger partial charge in [-0.05, 0) is 18.6 Å². The van der Waals surface area contributed by atoms with Gasteiger partial charge in [-0.2, -0.15) is 0 Å². The number of esters is 2. The molecule has 1 rings (SSSR count). The summed E-state index contributed by atoms with van der Waals surface area (Å²) < 4.78 is 9.05. The van der Waals surface area contributed by atoms with Gasteiger partial charge in [0, 0.05) is 0 Å². The SMILES string of the molecule is CCCCCC(N)N.COC(=O)c1ccccc1C(=O)OC.Cl. The van der Waals surface area contributed by atoms with E-state index in [4.69, 9.17) is 11.5 Å². The molecule has 6 nitrogen and oxygen atoms in total. The van der Waals surface area contributed by atoms with Gasteiger partial charge in [-0.3, -0.25) is 0 Å². The molecule has 1 aromatic rings. The first kappa shape index (κ1) is 23.6. The highest BCUT2D eigenvalue weighted by Gasteiger charge is 2.16. The van der Waals surface area contributed by atoms with E-state index in [1.165, 1.54) is 45.6 Å². The molecule has 0 radical (unpaired) electrons. The Labute approximate surface area is 143 Å². The normalized spacial score (nSPS) is 9.30. The molecule has 0 spiro atoms. The van der Waals surface area contributed by atoms with Crippen LogP contribution in [0.4, 0.5) is 0 Å². The van der Waals surface area contributed by atoms with Crippen molar-refractivity contribution in [3.8, 4) is 0 Å². The number of ether oxygens (including phenoxy) is 2. The van der Waals surface area contributed by atoms with E-state index in [2.05, 4.69) is 16.4 Å². The first-order valence-corrected chi connectivity index (χ1v) is 7.24. The predicted octanol–water partition coefficient (Wildman–Crippen LogP) is 2.49. The predicted molar refractivity (Wildman–Crippen MR) is 92.7 cm³/mol. The lowest BCUT2D eigenvalue weighted by molar-refractivity contribution is 0.0555. The summed E-state index contributed by atoms with van der Waals surface area (Å²) in [5.74, 6) is -1.10. The molecule has 0 aromatic heterocycles. The van der Waals surface area contributed by atoms with Crippen molar-refractivity contribution in [2.24, 2.45) is 11.5 Å². The largest absolute Gasteiger partial charge is 0.465 e. The van der Waals surface area contributed by atoms with Crippen LogP contribution in [0, 0.1) is 0 Å². The lowest BCUT2D eigenvalue weighted by Crippen LogP contribution is -2.29. The van der Waals surface area contributed by atoms with Crippen LogP contribution in [0.5, 0.6) is 0 Å². The fourth-order valence-corrected chi connectivity index (χ4v) is 1.69. The molecule has 0 atom stereocenters. The van der Waals surface area contributed by atoms with E-state index in [9.17, 15) is 9.59 Å². The van der Waals surface area contributed by atoms with Crippen molar-refractivity contribution in [2.75, 3.05) is 14.2 Å². The van der Waals surface area contributed by atoms with Crippen molar-refractivity contribution in [1.29, 1.82) is 0 Å². The Morgan fingerprint density at radius 1 is 1.00 bits per heavy atom. The summed E-state index contributed by atoms with van der Waals surface area (Å²) in [6.07, 6.45) is 4.54. The highest BCUT2D eigenvalue weighted by Crippen LogP contribution is 2.10. The van der Waals surface area contributed by atoms with E-state index >= 15 is 0 Å². The van der Waals surface area contributed by atoms with E-state index in [1.54, 1.807) is 12.1 Å². The van der Waals surface area contributed by atoms with Gasteiger partial charge in [0.15, 0.2) is 0 Å². The van der Waals surface area contributed by atoms with E-state index < -0.39 is 11.9 Å². The van der Waals surface area contributed by atoms with E-state index in [0.29, 0.717) is 0 Å². The molecule has 0 bridgehead atoms. The van der Waals surface area contributed by atoms with Crippen LogP contribution in [0.25, 0.3) is 0 Å². The lowest BCUT2D eigenvalue weighted by Gasteiger charge is -2.04. The fraction of sp³-hybridized carbons (Fsp3) is 0.500. The van der Waals surface area contributed by atoms with Crippen molar-refractivity contribution < 1.29 is 19.1 Å². The number of hydrogen-bond acceptors (Lipinski definition) is 6. The second-order valence-corrected chi connectivity index (χ2v) is 4.69. The summed E-state index contributed by atoms with van der Waals surface area (Å²) in [5, 5.41) is 0. The Balaban J connectivity index is 0. The van der Waals surface area contributed by atoms with Crippen LogP contribution in [0.2, 0.25) is 0 Å². The lowest BCUT2D eigenvalue weighted by atomic mass is 10.1. The maximum absolute atomic E-state index is 11.2. The molecule has 0 amide bonds. The molecule has 0 heterocycles. The average molecular weight is 347 g/mol. The minimum absolute atomic E-state index is 0. The minimum Gasteiger partial charge on any atom is -0.465 e. The number of hydrogen-bond donors (Lipinski definition) is 2. The van der Waals surface area contributed by atoms with E-state index in [1.807, 2.05) is 0 Å². The Morgan fingerprint density at radius 3 is 1.74 bits per heavy atom. The molecule has 132 valence electrons. The molecule has 0 unspecified atom stereocenters. The summed E-state index contributed by atoms with van der Waals surface area (Å²) in [5.41, 5.74) is 11.0. The molecule has 0 aliphatic heterocycles. The van der Waals surface area contributed by atoms with Crippen LogP contribution in [-0.4, -0.2) is 32.3 Å². The molecule has 0 fully saturated rings. The van der Waals surface area contributed by atoms with Gasteiger partial charge >= 0.3 is 11.9 Å². The van der Waals surface area contributed by atoms with Gasteiger partial charge in [0.05, 0.1) is 31.5 Å². The third-order valence-electron chi connectivity index (χ3n) is 2.88. The molecule has 1 aromatic carbocycles. The zero-order valence-electron chi connectivity index (χ0n) is 13.9. The quantitative estimate of drug-likeness (QED) is 0.466. The van der Waals surface area contributed by atoms with Crippen LogP contribution in [0.15, 0.2) is 24.3 Å². The Morgan fingerprint density at radius 2 is 1.43 bits per heavy atom. The molecule has 0 saturated heterocycles. The number of nitrogens with two attached hydrogens (primary N) is 2. The first-order valence-electron chi connectivity index (χ1n) is 7.24.